The van der Waals surface area contributed by atoms with Crippen LogP contribution in [0.25, 0.3) is 0 Å². The summed E-state index contributed by atoms with van der Waals surface area (Å²) in [6.45, 7) is 3.89. The summed E-state index contributed by atoms with van der Waals surface area (Å²) in [7, 11) is 0. The van der Waals surface area contributed by atoms with Crippen LogP contribution in [0.15, 0.2) is 24.3 Å². The molecule has 0 aliphatic heterocycles. The van der Waals surface area contributed by atoms with Crippen LogP contribution in [0.2, 0.25) is 0 Å². The summed E-state index contributed by atoms with van der Waals surface area (Å²) in [5, 5.41) is 5.61. The Morgan fingerprint density at radius 1 is 1.12 bits per heavy atom. The number of hydrogen-bond donors (Lipinski definition) is 2. The Morgan fingerprint density at radius 2 is 1.83 bits per heavy atom. The highest BCUT2D eigenvalue weighted by Gasteiger charge is 2.17. The number of carbonyl (C=O) groups is 2. The van der Waals surface area contributed by atoms with E-state index in [1.54, 1.807) is 11.3 Å². The summed E-state index contributed by atoms with van der Waals surface area (Å²) in [6, 6.07) is 7.85. The van der Waals surface area contributed by atoms with Crippen molar-refractivity contribution in [3.63, 3.8) is 0 Å². The van der Waals surface area contributed by atoms with Crippen LogP contribution in [0.3, 0.4) is 0 Å². The van der Waals surface area contributed by atoms with Gasteiger partial charge in [-0.3, -0.25) is 9.59 Å². The molecule has 3 rings (SSSR count). The lowest BCUT2D eigenvalue weighted by atomic mass is 9.99. The van der Waals surface area contributed by atoms with E-state index < -0.39 is 0 Å². The Kier molecular flexibility index (Phi) is 5.00. The number of aryl methyl sites for hydroxylation is 4. The van der Waals surface area contributed by atoms with Crippen molar-refractivity contribution in [2.24, 2.45) is 0 Å². The van der Waals surface area contributed by atoms with E-state index >= 15 is 0 Å². The van der Waals surface area contributed by atoms with Crippen molar-refractivity contribution in [1.82, 2.24) is 5.32 Å². The largest absolute Gasteiger partial charge is 0.342 e. The molecule has 126 valence electrons. The Bertz CT molecular complexity index is 736. The molecule has 0 radical (unpaired) electrons. The van der Waals surface area contributed by atoms with Gasteiger partial charge < -0.3 is 10.6 Å². The number of anilines is 1. The third kappa shape index (κ3) is 3.67. The first-order chi connectivity index (χ1) is 11.5. The molecule has 1 aliphatic rings. The molecule has 24 heavy (non-hydrogen) atoms. The Labute approximate surface area is 146 Å². The van der Waals surface area contributed by atoms with Gasteiger partial charge in [-0.2, -0.15) is 0 Å². The quantitative estimate of drug-likeness (QED) is 0.892. The normalized spacial score (nSPS) is 13.2. The molecule has 0 spiro atoms. The summed E-state index contributed by atoms with van der Waals surface area (Å²) < 4.78 is 0. The average molecular weight is 342 g/mol. The van der Waals surface area contributed by atoms with Gasteiger partial charge in [-0.25, -0.2) is 0 Å². The van der Waals surface area contributed by atoms with E-state index in [2.05, 4.69) is 10.6 Å². The predicted molar refractivity (Wildman–Crippen MR) is 97.8 cm³/mol. The molecule has 0 atom stereocenters. The fourth-order valence-electron chi connectivity index (χ4n) is 3.05. The smallest absolute Gasteiger partial charge is 0.261 e. The lowest BCUT2D eigenvalue weighted by Gasteiger charge is -2.11. The molecule has 1 aromatic heterocycles. The molecule has 0 bridgehead atoms. The van der Waals surface area contributed by atoms with Crippen LogP contribution in [0, 0.1) is 13.8 Å². The van der Waals surface area contributed by atoms with Crippen LogP contribution >= 0.6 is 11.3 Å². The van der Waals surface area contributed by atoms with Gasteiger partial charge in [0.2, 0.25) is 5.91 Å². The van der Waals surface area contributed by atoms with Crippen LogP contribution in [0.5, 0.6) is 0 Å². The van der Waals surface area contributed by atoms with Gasteiger partial charge in [0, 0.05) is 10.6 Å². The number of hydrogen-bond acceptors (Lipinski definition) is 3. The highest BCUT2D eigenvalue weighted by molar-refractivity contribution is 7.14. The van der Waals surface area contributed by atoms with Crippen LogP contribution in [-0.2, 0) is 17.6 Å². The number of fused-ring (bicyclic) bond motifs is 1. The van der Waals surface area contributed by atoms with E-state index in [0.717, 1.165) is 29.7 Å². The molecule has 1 heterocycles. The Balaban J connectivity index is 1.58. The van der Waals surface area contributed by atoms with Crippen LogP contribution in [0.1, 0.15) is 44.1 Å². The van der Waals surface area contributed by atoms with Crippen LogP contribution < -0.4 is 10.6 Å². The summed E-state index contributed by atoms with van der Waals surface area (Å²) in [4.78, 5) is 26.4. The SMILES string of the molecule is Cc1cccc(C)c1NC(=O)CNC(=O)c1cc2c(s1)CCCC2. The molecule has 1 aliphatic carbocycles. The number of thiophene rings is 1. The van der Waals surface area contributed by atoms with Crippen LogP contribution in [-0.4, -0.2) is 18.4 Å². The molecule has 2 aromatic rings. The number of nitrogens with one attached hydrogen (secondary N) is 2. The van der Waals surface area contributed by atoms with E-state index in [9.17, 15) is 9.59 Å². The molecule has 0 saturated carbocycles. The maximum Gasteiger partial charge on any atom is 0.261 e. The monoisotopic (exact) mass is 342 g/mol. The number of benzene rings is 1. The Morgan fingerprint density at radius 3 is 2.54 bits per heavy atom. The van der Waals surface area contributed by atoms with Gasteiger partial charge in [0.25, 0.3) is 5.91 Å². The molecule has 0 saturated heterocycles. The van der Waals surface area contributed by atoms with Gasteiger partial charge in [0.1, 0.15) is 0 Å². The highest BCUT2D eigenvalue weighted by Crippen LogP contribution is 2.29. The zero-order valence-corrected chi connectivity index (χ0v) is 14.9. The molecule has 0 unspecified atom stereocenters. The molecule has 2 amide bonds. The van der Waals surface area contributed by atoms with E-state index in [-0.39, 0.29) is 18.4 Å². The number of rotatable bonds is 4. The average Bonchev–Trinajstić information content (AvgIpc) is 3.00. The minimum absolute atomic E-state index is 0.0187. The zero-order valence-electron chi connectivity index (χ0n) is 14.1. The fourth-order valence-corrected chi connectivity index (χ4v) is 4.22. The first kappa shape index (κ1) is 16.7. The lowest BCUT2D eigenvalue weighted by molar-refractivity contribution is -0.115. The molecule has 4 nitrogen and oxygen atoms in total. The minimum atomic E-state index is -0.206. The van der Waals surface area contributed by atoms with Crippen molar-refractivity contribution < 1.29 is 9.59 Å². The lowest BCUT2D eigenvalue weighted by Crippen LogP contribution is -2.32. The second-order valence-corrected chi connectivity index (χ2v) is 7.40. The van der Waals surface area contributed by atoms with Crippen molar-refractivity contribution in [2.75, 3.05) is 11.9 Å². The van der Waals surface area contributed by atoms with Gasteiger partial charge in [-0.15, -0.1) is 11.3 Å². The van der Waals surface area contributed by atoms with Crippen molar-refractivity contribution in [2.45, 2.75) is 39.5 Å². The van der Waals surface area contributed by atoms with E-state index in [4.69, 9.17) is 0 Å². The maximum absolute atomic E-state index is 12.3. The molecular formula is C19H22N2O2S. The van der Waals surface area contributed by atoms with Crippen molar-refractivity contribution in [1.29, 1.82) is 0 Å². The molecule has 5 heteroatoms. The molecule has 1 aromatic carbocycles. The maximum atomic E-state index is 12.3. The second kappa shape index (κ2) is 7.18. The topological polar surface area (TPSA) is 58.2 Å². The van der Waals surface area contributed by atoms with Crippen molar-refractivity contribution in [3.8, 4) is 0 Å². The highest BCUT2D eigenvalue weighted by atomic mass is 32.1. The summed E-state index contributed by atoms with van der Waals surface area (Å²) in [6.07, 6.45) is 4.53. The van der Waals surface area contributed by atoms with Gasteiger partial charge in [-0.05, 0) is 62.3 Å². The third-order valence-corrected chi connectivity index (χ3v) is 5.61. The zero-order chi connectivity index (χ0) is 17.1. The summed E-state index contributed by atoms with van der Waals surface area (Å²) >= 11 is 1.56. The van der Waals surface area contributed by atoms with E-state index in [0.29, 0.717) is 4.88 Å². The minimum Gasteiger partial charge on any atom is -0.342 e. The van der Waals surface area contributed by atoms with Gasteiger partial charge in [0.15, 0.2) is 0 Å². The molecule has 2 N–H and O–H groups in total. The summed E-state index contributed by atoms with van der Waals surface area (Å²) in [5.41, 5.74) is 4.15. The number of carbonyl (C=O) groups excluding carboxylic acids is 2. The second-order valence-electron chi connectivity index (χ2n) is 6.26. The van der Waals surface area contributed by atoms with Crippen molar-refractivity contribution in [3.05, 3.63) is 50.7 Å². The predicted octanol–water partition coefficient (Wildman–Crippen LogP) is 3.61. The number of para-hydroxylation sites is 1. The fraction of sp³-hybridized carbons (Fsp3) is 0.368. The number of amides is 2. The molecule has 0 fully saturated rings. The van der Waals surface area contributed by atoms with Gasteiger partial charge >= 0.3 is 0 Å². The Hall–Kier alpha value is -2.14. The van der Waals surface area contributed by atoms with Crippen molar-refractivity contribution >= 4 is 28.8 Å². The standard InChI is InChI=1S/C19H22N2O2S/c1-12-6-5-7-13(2)18(12)21-17(22)11-20-19(23)16-10-14-8-3-4-9-15(14)24-16/h5-7,10H,3-4,8-9,11H2,1-2H3,(H,20,23)(H,21,22). The van der Waals surface area contributed by atoms with E-state index in [1.165, 1.54) is 23.3 Å². The first-order valence-electron chi connectivity index (χ1n) is 8.30. The van der Waals surface area contributed by atoms with Crippen LogP contribution in [0.4, 0.5) is 5.69 Å². The summed E-state index contributed by atoms with van der Waals surface area (Å²) in [5.74, 6) is -0.367. The van der Waals surface area contributed by atoms with E-state index in [1.807, 2.05) is 38.1 Å². The third-order valence-electron chi connectivity index (χ3n) is 4.38. The van der Waals surface area contributed by atoms with Gasteiger partial charge in [-0.1, -0.05) is 18.2 Å². The molecular weight excluding hydrogens is 320 g/mol. The first-order valence-corrected chi connectivity index (χ1v) is 9.12. The van der Waals surface area contributed by atoms with Gasteiger partial charge in [0.05, 0.1) is 11.4 Å².